The first-order valence-corrected chi connectivity index (χ1v) is 6.23. The van der Waals surface area contributed by atoms with Crippen LogP contribution in [0.2, 0.25) is 0 Å². The molecule has 0 aromatic rings. The highest BCUT2D eigenvalue weighted by Crippen LogP contribution is 2.36. The van der Waals surface area contributed by atoms with Crippen LogP contribution in [0.4, 0.5) is 0 Å². The maximum absolute atomic E-state index is 9.51. The molecule has 14 heavy (non-hydrogen) atoms. The molecule has 0 bridgehead atoms. The fourth-order valence-corrected chi connectivity index (χ4v) is 3.31. The van der Waals surface area contributed by atoms with Gasteiger partial charge in [-0.1, -0.05) is 25.7 Å². The summed E-state index contributed by atoms with van der Waals surface area (Å²) in [6.07, 6.45) is 8.13. The molecule has 0 aromatic heterocycles. The van der Waals surface area contributed by atoms with Gasteiger partial charge in [-0.05, 0) is 43.7 Å². The molecule has 0 amide bonds. The molecule has 1 aliphatic heterocycles. The fraction of sp³-hybridized carbons (Fsp3) is 1.00. The molecule has 2 rings (SSSR count). The molecule has 0 radical (unpaired) electrons. The number of aliphatic hydroxyl groups is 1. The van der Waals surface area contributed by atoms with Crippen molar-refractivity contribution < 1.29 is 5.11 Å². The Labute approximate surface area is 87.1 Å². The van der Waals surface area contributed by atoms with Crippen LogP contribution in [0.1, 0.15) is 38.5 Å². The summed E-state index contributed by atoms with van der Waals surface area (Å²) in [5.74, 6) is 2.16. The minimum absolute atomic E-state index is 0.414. The number of hydrogen-bond donors (Lipinski definition) is 2. The molecule has 0 aromatic carbocycles. The van der Waals surface area contributed by atoms with E-state index in [2.05, 4.69) is 5.32 Å². The normalized spacial score (nSPS) is 31.9. The zero-order chi connectivity index (χ0) is 9.80. The van der Waals surface area contributed by atoms with E-state index in [1.165, 1.54) is 45.1 Å². The maximum atomic E-state index is 9.51. The van der Waals surface area contributed by atoms with E-state index in [0.29, 0.717) is 12.5 Å². The van der Waals surface area contributed by atoms with Crippen LogP contribution in [0.3, 0.4) is 0 Å². The molecule has 2 heteroatoms. The third-order valence-corrected chi connectivity index (χ3v) is 4.16. The van der Waals surface area contributed by atoms with Gasteiger partial charge >= 0.3 is 0 Å². The first kappa shape index (κ1) is 10.4. The summed E-state index contributed by atoms with van der Waals surface area (Å²) in [6, 6.07) is 0. The van der Waals surface area contributed by atoms with E-state index >= 15 is 0 Å². The smallest absolute Gasteiger partial charge is 0.0465 e. The minimum atomic E-state index is 0.414. The van der Waals surface area contributed by atoms with E-state index in [1.807, 2.05) is 0 Å². The monoisotopic (exact) mass is 197 g/mol. The molecule has 2 N–H and O–H groups in total. The third kappa shape index (κ3) is 2.29. The summed E-state index contributed by atoms with van der Waals surface area (Å²) in [7, 11) is 0. The highest BCUT2D eigenvalue weighted by Gasteiger charge is 2.31. The van der Waals surface area contributed by atoms with Crippen LogP contribution in [0, 0.1) is 17.8 Å². The lowest BCUT2D eigenvalue weighted by Crippen LogP contribution is -2.38. The van der Waals surface area contributed by atoms with E-state index in [4.69, 9.17) is 0 Å². The second kappa shape index (κ2) is 5.13. The summed E-state index contributed by atoms with van der Waals surface area (Å²) in [5.41, 5.74) is 0. The Hall–Kier alpha value is -0.0800. The van der Waals surface area contributed by atoms with Gasteiger partial charge in [0.1, 0.15) is 0 Å². The van der Waals surface area contributed by atoms with Crippen LogP contribution in [0.15, 0.2) is 0 Å². The first-order chi connectivity index (χ1) is 6.92. The number of aliphatic hydroxyl groups excluding tert-OH is 1. The van der Waals surface area contributed by atoms with Crippen LogP contribution in [-0.2, 0) is 0 Å². The molecule has 2 fully saturated rings. The standard InChI is InChI=1S/C12H23NO/c14-9-12(10-4-1-2-5-10)11-6-3-7-13-8-11/h10-14H,1-9H2. The lowest BCUT2D eigenvalue weighted by molar-refractivity contribution is 0.106. The molecule has 0 spiro atoms. The van der Waals surface area contributed by atoms with Crippen molar-refractivity contribution in [2.24, 2.45) is 17.8 Å². The third-order valence-electron chi connectivity index (χ3n) is 4.16. The van der Waals surface area contributed by atoms with Gasteiger partial charge in [0.05, 0.1) is 0 Å². The molecule has 82 valence electrons. The Bertz CT molecular complexity index is 160. The van der Waals surface area contributed by atoms with Crippen LogP contribution in [-0.4, -0.2) is 24.8 Å². The van der Waals surface area contributed by atoms with Gasteiger partial charge in [-0.15, -0.1) is 0 Å². The molecular formula is C12H23NO. The van der Waals surface area contributed by atoms with Crippen molar-refractivity contribution in [1.29, 1.82) is 0 Å². The topological polar surface area (TPSA) is 32.3 Å². The molecule has 2 nitrogen and oxygen atoms in total. The zero-order valence-corrected chi connectivity index (χ0v) is 9.04. The van der Waals surface area contributed by atoms with Gasteiger partial charge in [-0.3, -0.25) is 0 Å². The van der Waals surface area contributed by atoms with Gasteiger partial charge in [0.2, 0.25) is 0 Å². The Balaban J connectivity index is 1.89. The zero-order valence-electron chi connectivity index (χ0n) is 9.04. The molecule has 2 atom stereocenters. The molecule has 2 unspecified atom stereocenters. The van der Waals surface area contributed by atoms with E-state index in [0.717, 1.165) is 18.4 Å². The van der Waals surface area contributed by atoms with Crippen LogP contribution >= 0.6 is 0 Å². The van der Waals surface area contributed by atoms with E-state index in [-0.39, 0.29) is 0 Å². The quantitative estimate of drug-likeness (QED) is 0.723. The number of rotatable bonds is 3. The SMILES string of the molecule is OCC(C1CCCC1)C1CCCNC1. The molecule has 1 saturated carbocycles. The van der Waals surface area contributed by atoms with Gasteiger partial charge in [-0.2, -0.15) is 0 Å². The number of hydrogen-bond acceptors (Lipinski definition) is 2. The van der Waals surface area contributed by atoms with Crippen molar-refractivity contribution in [3.63, 3.8) is 0 Å². The van der Waals surface area contributed by atoms with Crippen molar-refractivity contribution in [2.45, 2.75) is 38.5 Å². The highest BCUT2D eigenvalue weighted by atomic mass is 16.3. The summed E-state index contributed by atoms with van der Waals surface area (Å²) >= 11 is 0. The molecule has 2 aliphatic rings. The highest BCUT2D eigenvalue weighted by molar-refractivity contribution is 4.83. The first-order valence-electron chi connectivity index (χ1n) is 6.23. The lowest BCUT2D eigenvalue weighted by atomic mass is 9.77. The summed E-state index contributed by atoms with van der Waals surface area (Å²) in [4.78, 5) is 0. The van der Waals surface area contributed by atoms with Crippen molar-refractivity contribution in [2.75, 3.05) is 19.7 Å². The van der Waals surface area contributed by atoms with Crippen molar-refractivity contribution >= 4 is 0 Å². The van der Waals surface area contributed by atoms with Gasteiger partial charge in [0.15, 0.2) is 0 Å². The molecule has 1 aliphatic carbocycles. The Morgan fingerprint density at radius 2 is 1.79 bits per heavy atom. The second-order valence-electron chi connectivity index (χ2n) is 5.00. The van der Waals surface area contributed by atoms with Gasteiger partial charge < -0.3 is 10.4 Å². The molecular weight excluding hydrogens is 174 g/mol. The van der Waals surface area contributed by atoms with Crippen molar-refractivity contribution in [3.8, 4) is 0 Å². The van der Waals surface area contributed by atoms with Crippen LogP contribution in [0.25, 0.3) is 0 Å². The summed E-state index contributed by atoms with van der Waals surface area (Å²) in [6.45, 7) is 2.73. The lowest BCUT2D eigenvalue weighted by Gasteiger charge is -2.33. The van der Waals surface area contributed by atoms with Crippen LogP contribution < -0.4 is 5.32 Å². The van der Waals surface area contributed by atoms with E-state index in [9.17, 15) is 5.11 Å². The summed E-state index contributed by atoms with van der Waals surface area (Å²) in [5, 5.41) is 13.0. The Morgan fingerprint density at radius 3 is 2.36 bits per heavy atom. The van der Waals surface area contributed by atoms with Crippen molar-refractivity contribution in [1.82, 2.24) is 5.32 Å². The van der Waals surface area contributed by atoms with Gasteiger partial charge in [0, 0.05) is 6.61 Å². The summed E-state index contributed by atoms with van der Waals surface area (Å²) < 4.78 is 0. The van der Waals surface area contributed by atoms with Gasteiger partial charge in [0.25, 0.3) is 0 Å². The predicted octanol–water partition coefficient (Wildman–Crippen LogP) is 1.78. The van der Waals surface area contributed by atoms with Gasteiger partial charge in [-0.25, -0.2) is 0 Å². The van der Waals surface area contributed by atoms with E-state index < -0.39 is 0 Å². The second-order valence-corrected chi connectivity index (χ2v) is 5.00. The average molecular weight is 197 g/mol. The minimum Gasteiger partial charge on any atom is -0.396 e. The van der Waals surface area contributed by atoms with E-state index in [1.54, 1.807) is 0 Å². The van der Waals surface area contributed by atoms with Crippen LogP contribution in [0.5, 0.6) is 0 Å². The fourth-order valence-electron chi connectivity index (χ4n) is 3.31. The Kier molecular flexibility index (Phi) is 3.82. The average Bonchev–Trinajstić information content (AvgIpc) is 2.74. The predicted molar refractivity (Wildman–Crippen MR) is 58.1 cm³/mol. The Morgan fingerprint density at radius 1 is 1.07 bits per heavy atom. The maximum Gasteiger partial charge on any atom is 0.0465 e. The molecule has 1 heterocycles. The van der Waals surface area contributed by atoms with Crippen molar-refractivity contribution in [3.05, 3.63) is 0 Å². The number of nitrogens with one attached hydrogen (secondary N) is 1. The number of piperidine rings is 1. The molecule has 1 saturated heterocycles. The largest absolute Gasteiger partial charge is 0.396 e.